The molecular weight excluding hydrogens is 254 g/mol. The van der Waals surface area contributed by atoms with Crippen molar-refractivity contribution in [3.63, 3.8) is 0 Å². The summed E-state index contributed by atoms with van der Waals surface area (Å²) in [7, 11) is 0. The van der Waals surface area contributed by atoms with E-state index in [-0.39, 0.29) is 11.9 Å². The average molecular weight is 271 g/mol. The van der Waals surface area contributed by atoms with Crippen LogP contribution in [0.2, 0.25) is 0 Å². The van der Waals surface area contributed by atoms with Gasteiger partial charge < -0.3 is 4.74 Å². The number of anilines is 1. The number of hydrogen-bond acceptors (Lipinski definition) is 4. The molecule has 1 N–H and O–H groups in total. The second kappa shape index (κ2) is 6.14. The topological polar surface area (TPSA) is 64.1 Å². The second-order valence-electron chi connectivity index (χ2n) is 4.57. The van der Waals surface area contributed by atoms with Crippen LogP contribution in [0.1, 0.15) is 18.1 Å². The first-order valence-electron chi connectivity index (χ1n) is 6.38. The Morgan fingerprint density at radius 2 is 1.90 bits per heavy atom. The van der Waals surface area contributed by atoms with Gasteiger partial charge in [0, 0.05) is 12.4 Å². The average Bonchev–Trinajstić information content (AvgIpc) is 2.44. The molecule has 0 saturated carbocycles. The van der Waals surface area contributed by atoms with E-state index in [0.29, 0.717) is 5.75 Å². The van der Waals surface area contributed by atoms with Gasteiger partial charge in [0.25, 0.3) is 5.91 Å². The van der Waals surface area contributed by atoms with E-state index in [1.807, 2.05) is 32.0 Å². The lowest BCUT2D eigenvalue weighted by atomic mass is 10.1. The predicted molar refractivity (Wildman–Crippen MR) is 76.7 cm³/mol. The number of carbonyl (C=O) groups excluding carboxylic acids is 1. The minimum absolute atomic E-state index is 0.271. The van der Waals surface area contributed by atoms with Crippen LogP contribution in [0.15, 0.2) is 36.7 Å². The van der Waals surface area contributed by atoms with Crippen LogP contribution in [0.25, 0.3) is 0 Å². The van der Waals surface area contributed by atoms with Crippen molar-refractivity contribution >= 4 is 11.9 Å². The van der Waals surface area contributed by atoms with Crippen LogP contribution >= 0.6 is 0 Å². The third kappa shape index (κ3) is 3.54. The predicted octanol–water partition coefficient (Wildman–Crippen LogP) is 2.50. The number of aromatic nitrogens is 2. The van der Waals surface area contributed by atoms with Crippen LogP contribution in [-0.2, 0) is 4.79 Å². The van der Waals surface area contributed by atoms with Crippen molar-refractivity contribution in [2.75, 3.05) is 5.32 Å². The lowest BCUT2D eigenvalue weighted by molar-refractivity contribution is -0.122. The molecule has 1 atom stereocenters. The molecule has 104 valence electrons. The normalized spacial score (nSPS) is 11.8. The zero-order valence-electron chi connectivity index (χ0n) is 11.8. The van der Waals surface area contributed by atoms with E-state index in [1.54, 1.807) is 25.4 Å². The van der Waals surface area contributed by atoms with E-state index in [9.17, 15) is 4.79 Å². The zero-order valence-corrected chi connectivity index (χ0v) is 11.8. The monoisotopic (exact) mass is 271 g/mol. The van der Waals surface area contributed by atoms with Gasteiger partial charge in [0.15, 0.2) is 6.10 Å². The van der Waals surface area contributed by atoms with Crippen molar-refractivity contribution in [1.29, 1.82) is 0 Å². The Morgan fingerprint density at radius 3 is 2.55 bits per heavy atom. The largest absolute Gasteiger partial charge is 0.481 e. The molecule has 2 aromatic rings. The minimum Gasteiger partial charge on any atom is -0.481 e. The highest BCUT2D eigenvalue weighted by Gasteiger charge is 2.15. The molecule has 0 unspecified atom stereocenters. The van der Waals surface area contributed by atoms with E-state index in [1.165, 1.54) is 5.56 Å². The van der Waals surface area contributed by atoms with E-state index >= 15 is 0 Å². The summed E-state index contributed by atoms with van der Waals surface area (Å²) in [6, 6.07) is 7.42. The van der Waals surface area contributed by atoms with E-state index in [0.717, 1.165) is 5.56 Å². The third-order valence-corrected chi connectivity index (χ3v) is 2.96. The fourth-order valence-corrected chi connectivity index (χ4v) is 1.62. The fourth-order valence-electron chi connectivity index (χ4n) is 1.62. The van der Waals surface area contributed by atoms with Crippen molar-refractivity contribution in [2.45, 2.75) is 26.9 Å². The van der Waals surface area contributed by atoms with Gasteiger partial charge in [-0.3, -0.25) is 10.1 Å². The summed E-state index contributed by atoms with van der Waals surface area (Å²) >= 11 is 0. The summed E-state index contributed by atoms with van der Waals surface area (Å²) in [5.74, 6) is 0.659. The van der Waals surface area contributed by atoms with Gasteiger partial charge in [0.1, 0.15) is 5.75 Å². The Labute approximate surface area is 118 Å². The molecule has 1 amide bonds. The first-order valence-corrected chi connectivity index (χ1v) is 6.38. The second-order valence-corrected chi connectivity index (χ2v) is 4.57. The SMILES string of the molecule is Cc1ccc(O[C@@H](C)C(=O)Nc2ncccn2)cc1C. The quantitative estimate of drug-likeness (QED) is 0.928. The van der Waals surface area contributed by atoms with Gasteiger partial charge in [-0.1, -0.05) is 6.07 Å². The molecule has 0 saturated heterocycles. The van der Waals surface area contributed by atoms with Gasteiger partial charge in [0.2, 0.25) is 5.95 Å². The number of benzene rings is 1. The minimum atomic E-state index is -0.624. The molecule has 0 aliphatic rings. The molecule has 2 rings (SSSR count). The number of nitrogens with zero attached hydrogens (tertiary/aromatic N) is 2. The highest BCUT2D eigenvalue weighted by atomic mass is 16.5. The summed E-state index contributed by atoms with van der Waals surface area (Å²) in [6.07, 6.45) is 2.51. The number of hydrogen-bond donors (Lipinski definition) is 1. The molecule has 5 nitrogen and oxygen atoms in total. The summed E-state index contributed by atoms with van der Waals surface area (Å²) in [6.45, 7) is 5.72. The van der Waals surface area contributed by atoms with Crippen LogP contribution in [0.3, 0.4) is 0 Å². The third-order valence-electron chi connectivity index (χ3n) is 2.96. The molecule has 20 heavy (non-hydrogen) atoms. The molecule has 1 aromatic carbocycles. The molecular formula is C15H17N3O2. The van der Waals surface area contributed by atoms with Gasteiger partial charge >= 0.3 is 0 Å². The smallest absolute Gasteiger partial charge is 0.267 e. The van der Waals surface area contributed by atoms with Crippen LogP contribution < -0.4 is 10.1 Å². The number of rotatable bonds is 4. The van der Waals surface area contributed by atoms with Crippen molar-refractivity contribution in [1.82, 2.24) is 9.97 Å². The molecule has 0 aliphatic carbocycles. The van der Waals surface area contributed by atoms with Crippen molar-refractivity contribution in [3.8, 4) is 5.75 Å². The van der Waals surface area contributed by atoms with Gasteiger partial charge in [-0.25, -0.2) is 9.97 Å². The Balaban J connectivity index is 1.98. The molecule has 1 heterocycles. The number of ether oxygens (including phenoxy) is 1. The standard InChI is InChI=1S/C15H17N3O2/c1-10-5-6-13(9-11(10)2)20-12(3)14(19)18-15-16-7-4-8-17-15/h4-9,12H,1-3H3,(H,16,17,18,19)/t12-/m0/s1. The Morgan fingerprint density at radius 1 is 1.20 bits per heavy atom. The molecule has 5 heteroatoms. The van der Waals surface area contributed by atoms with Crippen molar-refractivity contribution < 1.29 is 9.53 Å². The first-order chi connectivity index (χ1) is 9.56. The van der Waals surface area contributed by atoms with Crippen molar-refractivity contribution in [3.05, 3.63) is 47.8 Å². The van der Waals surface area contributed by atoms with E-state index < -0.39 is 6.10 Å². The molecule has 0 radical (unpaired) electrons. The number of carbonyl (C=O) groups is 1. The Bertz CT molecular complexity index is 599. The maximum absolute atomic E-state index is 12.0. The maximum Gasteiger partial charge on any atom is 0.267 e. The van der Waals surface area contributed by atoms with Crippen LogP contribution in [0.5, 0.6) is 5.75 Å². The maximum atomic E-state index is 12.0. The van der Waals surface area contributed by atoms with E-state index in [2.05, 4.69) is 15.3 Å². The lowest BCUT2D eigenvalue weighted by Gasteiger charge is -2.14. The van der Waals surface area contributed by atoms with Gasteiger partial charge in [-0.15, -0.1) is 0 Å². The van der Waals surface area contributed by atoms with Gasteiger partial charge in [0.05, 0.1) is 0 Å². The van der Waals surface area contributed by atoms with Crippen LogP contribution in [0, 0.1) is 13.8 Å². The fraction of sp³-hybridized carbons (Fsp3) is 0.267. The van der Waals surface area contributed by atoms with Gasteiger partial charge in [-0.05, 0) is 50.1 Å². The zero-order chi connectivity index (χ0) is 14.5. The summed E-state index contributed by atoms with van der Waals surface area (Å²) < 4.78 is 5.62. The molecule has 0 spiro atoms. The van der Waals surface area contributed by atoms with E-state index in [4.69, 9.17) is 4.74 Å². The number of amides is 1. The summed E-state index contributed by atoms with van der Waals surface area (Å²) in [5.41, 5.74) is 2.31. The Hall–Kier alpha value is -2.43. The summed E-state index contributed by atoms with van der Waals surface area (Å²) in [5, 5.41) is 2.60. The van der Waals surface area contributed by atoms with Gasteiger partial charge in [-0.2, -0.15) is 0 Å². The Kier molecular flexibility index (Phi) is 4.30. The highest BCUT2D eigenvalue weighted by molar-refractivity contribution is 5.92. The van der Waals surface area contributed by atoms with Crippen molar-refractivity contribution in [2.24, 2.45) is 0 Å². The van der Waals surface area contributed by atoms with Crippen LogP contribution in [-0.4, -0.2) is 22.0 Å². The molecule has 1 aromatic heterocycles. The summed E-state index contributed by atoms with van der Waals surface area (Å²) in [4.78, 5) is 19.8. The lowest BCUT2D eigenvalue weighted by Crippen LogP contribution is -2.30. The molecule has 0 aliphatic heterocycles. The first kappa shape index (κ1) is 14.0. The molecule has 0 fully saturated rings. The molecule has 0 bridgehead atoms. The number of nitrogens with one attached hydrogen (secondary N) is 1. The number of aryl methyl sites for hydroxylation is 2. The highest BCUT2D eigenvalue weighted by Crippen LogP contribution is 2.17. The van der Waals surface area contributed by atoms with Crippen LogP contribution in [0.4, 0.5) is 5.95 Å².